The van der Waals surface area contributed by atoms with Crippen molar-refractivity contribution in [1.29, 1.82) is 0 Å². The monoisotopic (exact) mass is 616 g/mol. The second-order valence-electron chi connectivity index (χ2n) is 11.2. The molecule has 0 aromatic carbocycles. The van der Waals surface area contributed by atoms with E-state index in [4.69, 9.17) is 23.7 Å². The van der Waals surface area contributed by atoms with Crippen LogP contribution in [0.1, 0.15) is 54.9 Å². The van der Waals surface area contributed by atoms with Gasteiger partial charge in [-0.2, -0.15) is 0 Å². The van der Waals surface area contributed by atoms with E-state index in [2.05, 4.69) is 10.1 Å². The van der Waals surface area contributed by atoms with Crippen molar-refractivity contribution in [2.75, 3.05) is 26.6 Å². The number of aliphatic hydroxyl groups excluding tert-OH is 1. The summed E-state index contributed by atoms with van der Waals surface area (Å²) in [5.41, 5.74) is -0.725. The van der Waals surface area contributed by atoms with E-state index in [9.17, 15) is 29.1 Å². The van der Waals surface area contributed by atoms with Crippen LogP contribution in [0.25, 0.3) is 0 Å². The molecule has 0 spiro atoms. The molecule has 0 radical (unpaired) electrons. The molecule has 2 saturated heterocycles. The van der Waals surface area contributed by atoms with Gasteiger partial charge in [0.15, 0.2) is 0 Å². The fourth-order valence-corrected chi connectivity index (χ4v) is 6.39. The van der Waals surface area contributed by atoms with Crippen LogP contribution in [0.3, 0.4) is 0 Å². The van der Waals surface area contributed by atoms with Crippen LogP contribution in [-0.2, 0) is 42.8 Å². The Kier molecular flexibility index (Phi) is 11.1. The second-order valence-corrected chi connectivity index (χ2v) is 12.5. The van der Waals surface area contributed by atoms with Gasteiger partial charge in [-0.1, -0.05) is 6.92 Å². The number of β-lactam (4-membered cyclic amide) rings is 1. The molecular weight excluding hydrogens is 576 g/mol. The highest BCUT2D eigenvalue weighted by Crippen LogP contribution is 2.52. The first-order chi connectivity index (χ1) is 19.7. The second kappa shape index (κ2) is 14.0. The number of nitrogens with zero attached hydrogens (tertiary/aromatic N) is 1. The van der Waals surface area contributed by atoms with E-state index in [0.29, 0.717) is 17.9 Å². The maximum Gasteiger partial charge on any atom is 0.511 e. The van der Waals surface area contributed by atoms with E-state index in [1.807, 2.05) is 6.92 Å². The van der Waals surface area contributed by atoms with E-state index in [1.54, 1.807) is 27.7 Å². The molecule has 3 heterocycles. The normalized spacial score (nSPS) is 26.5. The van der Waals surface area contributed by atoms with Crippen LogP contribution in [0.2, 0.25) is 0 Å². The SMILES string of the molecule is CCOC(=O)OCOC(=O)C1=C(S[C@@H]2CCO[C@@H]2CNC(=O)OC(C)OC(=O)C(C)(C)C)[C@H](C)[C@@H]2[C@@H]([C@@H](C)O)C(=O)N12. The highest BCUT2D eigenvalue weighted by Gasteiger charge is 2.60. The summed E-state index contributed by atoms with van der Waals surface area (Å²) in [6, 6.07) is -0.445. The van der Waals surface area contributed by atoms with Crippen LogP contribution in [0, 0.1) is 17.3 Å². The van der Waals surface area contributed by atoms with E-state index >= 15 is 0 Å². The summed E-state index contributed by atoms with van der Waals surface area (Å²) in [5, 5.41) is 12.6. The minimum absolute atomic E-state index is 0.0272. The Balaban J connectivity index is 1.67. The van der Waals surface area contributed by atoms with Gasteiger partial charge >= 0.3 is 24.2 Å². The molecule has 3 rings (SSSR count). The topological polar surface area (TPSA) is 176 Å². The molecule has 1 unspecified atom stereocenters. The predicted molar refractivity (Wildman–Crippen MR) is 146 cm³/mol. The van der Waals surface area contributed by atoms with Crippen molar-refractivity contribution < 1.29 is 57.5 Å². The summed E-state index contributed by atoms with van der Waals surface area (Å²) in [6.45, 7) is 11.3. The summed E-state index contributed by atoms with van der Waals surface area (Å²) in [6.07, 6.45) is -3.68. The Morgan fingerprint density at radius 3 is 2.45 bits per heavy atom. The molecule has 0 aromatic rings. The Morgan fingerprint density at radius 1 is 1.14 bits per heavy atom. The Hall–Kier alpha value is -3.04. The van der Waals surface area contributed by atoms with Gasteiger partial charge in [0.05, 0.1) is 36.2 Å². The number of hydrogen-bond donors (Lipinski definition) is 2. The van der Waals surface area contributed by atoms with Gasteiger partial charge in [-0.15, -0.1) is 11.8 Å². The molecule has 0 aromatic heterocycles. The van der Waals surface area contributed by atoms with Crippen molar-refractivity contribution in [2.45, 2.75) is 84.7 Å². The number of nitrogens with one attached hydrogen (secondary N) is 1. The fourth-order valence-electron chi connectivity index (χ4n) is 4.87. The zero-order valence-corrected chi connectivity index (χ0v) is 25.7. The van der Waals surface area contributed by atoms with Gasteiger partial charge in [0, 0.05) is 36.1 Å². The van der Waals surface area contributed by atoms with Gasteiger partial charge in [0.25, 0.3) is 0 Å². The average molecular weight is 617 g/mol. The molecule has 3 aliphatic heterocycles. The molecule has 2 N–H and O–H groups in total. The number of alkyl carbamates (subject to hydrolysis) is 1. The lowest BCUT2D eigenvalue weighted by molar-refractivity contribution is -0.174. The highest BCUT2D eigenvalue weighted by molar-refractivity contribution is 8.03. The number of carbonyl (C=O) groups excluding carboxylic acids is 5. The number of hydrogen-bond acceptors (Lipinski definition) is 13. The standard InChI is InChI=1S/C27H40N2O12S/c1-8-36-26(35)39-12-38-23(32)20-21(13(2)19-18(14(3)30)22(31)29(19)20)42-17-9-10-37-16(17)11-28-25(34)41-15(4)40-24(33)27(5,6)7/h13-19,30H,8-12H2,1-7H3,(H,28,34)/t13-,14-,15?,16-,17-,18-,19-/m1/s1. The fraction of sp³-hybridized carbons (Fsp3) is 0.741. The third-order valence-electron chi connectivity index (χ3n) is 6.96. The van der Waals surface area contributed by atoms with E-state index in [-0.39, 0.29) is 30.0 Å². The molecule has 0 aliphatic carbocycles. The molecular formula is C27H40N2O12S. The van der Waals surface area contributed by atoms with Crippen molar-refractivity contribution >= 4 is 41.9 Å². The zero-order valence-electron chi connectivity index (χ0n) is 24.9. The molecule has 2 amide bonds. The molecule has 15 heteroatoms. The van der Waals surface area contributed by atoms with Crippen molar-refractivity contribution in [1.82, 2.24) is 10.2 Å². The number of amides is 2. The Labute approximate surface area is 248 Å². The molecule has 42 heavy (non-hydrogen) atoms. The molecule has 3 aliphatic rings. The zero-order chi connectivity index (χ0) is 31.4. The van der Waals surface area contributed by atoms with Crippen LogP contribution in [0.15, 0.2) is 10.6 Å². The van der Waals surface area contributed by atoms with Gasteiger partial charge in [0.1, 0.15) is 5.70 Å². The molecule has 7 atom stereocenters. The molecule has 236 valence electrons. The van der Waals surface area contributed by atoms with Crippen LogP contribution in [0.5, 0.6) is 0 Å². The van der Waals surface area contributed by atoms with E-state index in [1.165, 1.54) is 30.5 Å². The molecule has 0 saturated carbocycles. The van der Waals surface area contributed by atoms with Crippen LogP contribution in [-0.4, -0.2) is 96.4 Å². The maximum atomic E-state index is 13.1. The number of carbonyl (C=O) groups is 5. The number of rotatable bonds is 11. The maximum absolute atomic E-state index is 13.1. The predicted octanol–water partition coefficient (Wildman–Crippen LogP) is 2.28. The third-order valence-corrected chi connectivity index (χ3v) is 8.63. The molecule has 0 bridgehead atoms. The Morgan fingerprint density at radius 2 is 1.83 bits per heavy atom. The van der Waals surface area contributed by atoms with Gasteiger partial charge in [-0.25, -0.2) is 14.4 Å². The average Bonchev–Trinajstić information content (AvgIpc) is 3.42. The van der Waals surface area contributed by atoms with Crippen molar-refractivity contribution in [3.63, 3.8) is 0 Å². The van der Waals surface area contributed by atoms with Crippen molar-refractivity contribution in [3.8, 4) is 0 Å². The van der Waals surface area contributed by atoms with Crippen molar-refractivity contribution in [3.05, 3.63) is 10.6 Å². The number of thioether (sulfide) groups is 1. The number of aliphatic hydroxyl groups is 1. The van der Waals surface area contributed by atoms with E-state index < -0.39 is 72.8 Å². The Bertz CT molecular complexity index is 1090. The van der Waals surface area contributed by atoms with Crippen LogP contribution >= 0.6 is 11.8 Å². The minimum Gasteiger partial charge on any atom is -0.435 e. The number of fused-ring (bicyclic) bond motifs is 1. The van der Waals surface area contributed by atoms with Crippen LogP contribution in [0.4, 0.5) is 9.59 Å². The largest absolute Gasteiger partial charge is 0.511 e. The highest BCUT2D eigenvalue weighted by atomic mass is 32.2. The minimum atomic E-state index is -1.10. The smallest absolute Gasteiger partial charge is 0.435 e. The summed E-state index contributed by atoms with van der Waals surface area (Å²) < 4.78 is 30.6. The van der Waals surface area contributed by atoms with E-state index in [0.717, 1.165) is 0 Å². The lowest BCUT2D eigenvalue weighted by Gasteiger charge is -2.46. The quantitative estimate of drug-likeness (QED) is 0.150. The van der Waals surface area contributed by atoms with Gasteiger partial charge < -0.3 is 43.7 Å². The lowest BCUT2D eigenvalue weighted by Crippen LogP contribution is -2.63. The van der Waals surface area contributed by atoms with Crippen molar-refractivity contribution in [2.24, 2.45) is 17.3 Å². The molecule has 14 nitrogen and oxygen atoms in total. The third kappa shape index (κ3) is 7.67. The van der Waals surface area contributed by atoms with Gasteiger partial charge in [-0.05, 0) is 41.0 Å². The summed E-state index contributed by atoms with van der Waals surface area (Å²) in [7, 11) is 0. The summed E-state index contributed by atoms with van der Waals surface area (Å²) in [5.74, 6) is -2.76. The first kappa shape index (κ1) is 33.5. The lowest BCUT2D eigenvalue weighted by atomic mass is 9.79. The number of esters is 2. The first-order valence-electron chi connectivity index (χ1n) is 13.8. The molecule has 2 fully saturated rings. The first-order valence-corrected chi connectivity index (χ1v) is 14.7. The van der Waals surface area contributed by atoms with Crippen LogP contribution < -0.4 is 5.32 Å². The van der Waals surface area contributed by atoms with Gasteiger partial charge in [-0.3, -0.25) is 9.59 Å². The summed E-state index contributed by atoms with van der Waals surface area (Å²) >= 11 is 1.34. The summed E-state index contributed by atoms with van der Waals surface area (Å²) in [4.78, 5) is 63.8. The number of ether oxygens (including phenoxy) is 6. The van der Waals surface area contributed by atoms with Gasteiger partial charge in [0.2, 0.25) is 19.0 Å².